The Morgan fingerprint density at radius 3 is 2.77 bits per heavy atom. The molecule has 1 spiro atoms. The molecule has 26 heavy (non-hydrogen) atoms. The van der Waals surface area contributed by atoms with Gasteiger partial charge in [-0.2, -0.15) is 0 Å². The molecule has 0 radical (unpaired) electrons. The fourth-order valence-electron chi connectivity index (χ4n) is 3.58. The van der Waals surface area contributed by atoms with Gasteiger partial charge >= 0.3 is 6.09 Å². The molecule has 1 amide bonds. The number of ether oxygens (including phenoxy) is 2. The van der Waals surface area contributed by atoms with E-state index in [1.54, 1.807) is 16.2 Å². The van der Waals surface area contributed by atoms with Crippen molar-refractivity contribution in [1.29, 1.82) is 0 Å². The van der Waals surface area contributed by atoms with E-state index in [-0.39, 0.29) is 11.7 Å². The van der Waals surface area contributed by atoms with Crippen LogP contribution in [0.1, 0.15) is 18.5 Å². The van der Waals surface area contributed by atoms with E-state index in [1.165, 1.54) is 0 Å². The van der Waals surface area contributed by atoms with Gasteiger partial charge in [0.2, 0.25) is 0 Å². The number of aromatic nitrogens is 1. The number of benzene rings is 1. The first-order valence-corrected chi connectivity index (χ1v) is 9.92. The average molecular weight is 373 g/mol. The van der Waals surface area contributed by atoms with Crippen LogP contribution in [0.4, 0.5) is 4.79 Å². The number of amides is 1. The van der Waals surface area contributed by atoms with E-state index in [2.05, 4.69) is 15.3 Å². The molecular formula is C19H23N3O3S. The Kier molecular flexibility index (Phi) is 5.08. The van der Waals surface area contributed by atoms with Gasteiger partial charge in [-0.05, 0) is 12.1 Å². The van der Waals surface area contributed by atoms with E-state index in [0.29, 0.717) is 19.7 Å². The SMILES string of the molecule is O=C1OC2(CCN(Cc3cscn3)CC2)CN1CCOc1ccccc1. The van der Waals surface area contributed by atoms with Crippen LogP contribution in [0.25, 0.3) is 0 Å². The molecule has 0 N–H and O–H groups in total. The van der Waals surface area contributed by atoms with Crippen molar-refractivity contribution >= 4 is 17.4 Å². The molecule has 0 saturated carbocycles. The van der Waals surface area contributed by atoms with Crippen LogP contribution in [0.2, 0.25) is 0 Å². The van der Waals surface area contributed by atoms with Gasteiger partial charge in [0.25, 0.3) is 0 Å². The van der Waals surface area contributed by atoms with Gasteiger partial charge in [-0.1, -0.05) is 18.2 Å². The minimum Gasteiger partial charge on any atom is -0.492 e. The summed E-state index contributed by atoms with van der Waals surface area (Å²) >= 11 is 1.63. The lowest BCUT2D eigenvalue weighted by molar-refractivity contribution is -0.00148. The number of rotatable bonds is 6. The number of hydrogen-bond acceptors (Lipinski definition) is 6. The molecule has 3 heterocycles. The van der Waals surface area contributed by atoms with Crippen molar-refractivity contribution in [2.45, 2.75) is 25.0 Å². The Morgan fingerprint density at radius 1 is 1.23 bits per heavy atom. The third kappa shape index (κ3) is 3.99. The number of piperidine rings is 1. The molecule has 6 nitrogen and oxygen atoms in total. The predicted octanol–water partition coefficient (Wildman–Crippen LogP) is 3.01. The fraction of sp³-hybridized carbons (Fsp3) is 0.474. The molecule has 0 aliphatic carbocycles. The molecule has 2 fully saturated rings. The molecule has 1 aromatic heterocycles. The van der Waals surface area contributed by atoms with Gasteiger partial charge in [0, 0.05) is 37.9 Å². The summed E-state index contributed by atoms with van der Waals surface area (Å²) in [6.45, 7) is 4.43. The van der Waals surface area contributed by atoms with Crippen LogP contribution in [-0.2, 0) is 11.3 Å². The lowest BCUT2D eigenvalue weighted by atomic mass is 9.91. The Bertz CT molecular complexity index is 715. The summed E-state index contributed by atoms with van der Waals surface area (Å²) in [6.07, 6.45) is 1.53. The highest BCUT2D eigenvalue weighted by atomic mass is 32.1. The second-order valence-corrected chi connectivity index (χ2v) is 7.61. The number of hydrogen-bond donors (Lipinski definition) is 0. The molecular weight excluding hydrogens is 350 g/mol. The van der Waals surface area contributed by atoms with Crippen LogP contribution in [-0.4, -0.2) is 59.3 Å². The van der Waals surface area contributed by atoms with E-state index in [9.17, 15) is 4.79 Å². The first-order valence-electron chi connectivity index (χ1n) is 8.98. The molecule has 2 aliphatic rings. The smallest absolute Gasteiger partial charge is 0.410 e. The normalized spacial score (nSPS) is 19.7. The Balaban J connectivity index is 1.25. The number of carbonyl (C=O) groups excluding carboxylic acids is 1. The van der Waals surface area contributed by atoms with Gasteiger partial charge in [0.05, 0.1) is 24.3 Å². The van der Waals surface area contributed by atoms with Crippen molar-refractivity contribution in [2.24, 2.45) is 0 Å². The molecule has 0 unspecified atom stereocenters. The zero-order chi connectivity index (χ0) is 17.8. The number of thiazole rings is 1. The van der Waals surface area contributed by atoms with Gasteiger partial charge in [0.15, 0.2) is 0 Å². The van der Waals surface area contributed by atoms with Crippen LogP contribution in [0.5, 0.6) is 5.75 Å². The highest BCUT2D eigenvalue weighted by molar-refractivity contribution is 7.07. The predicted molar refractivity (Wildman–Crippen MR) is 99.3 cm³/mol. The lowest BCUT2D eigenvalue weighted by Gasteiger charge is -2.37. The molecule has 2 aromatic rings. The summed E-state index contributed by atoms with van der Waals surface area (Å²) in [5.74, 6) is 0.824. The summed E-state index contributed by atoms with van der Waals surface area (Å²) in [4.78, 5) is 20.8. The second-order valence-electron chi connectivity index (χ2n) is 6.89. The van der Waals surface area contributed by atoms with Gasteiger partial charge in [-0.15, -0.1) is 11.3 Å². The van der Waals surface area contributed by atoms with E-state index < -0.39 is 0 Å². The first-order chi connectivity index (χ1) is 12.7. The Labute approximate surface area is 157 Å². The summed E-state index contributed by atoms with van der Waals surface area (Å²) < 4.78 is 11.5. The molecule has 138 valence electrons. The highest BCUT2D eigenvalue weighted by Crippen LogP contribution is 2.33. The molecule has 1 aromatic carbocycles. The van der Waals surface area contributed by atoms with E-state index in [0.717, 1.165) is 43.9 Å². The van der Waals surface area contributed by atoms with Crippen LogP contribution >= 0.6 is 11.3 Å². The van der Waals surface area contributed by atoms with Crippen molar-refractivity contribution in [3.8, 4) is 5.75 Å². The van der Waals surface area contributed by atoms with Crippen molar-refractivity contribution in [1.82, 2.24) is 14.8 Å². The monoisotopic (exact) mass is 373 g/mol. The quantitative estimate of drug-likeness (QED) is 0.779. The molecule has 0 atom stereocenters. The molecule has 2 aliphatic heterocycles. The second kappa shape index (κ2) is 7.63. The zero-order valence-electron chi connectivity index (χ0n) is 14.7. The zero-order valence-corrected chi connectivity index (χ0v) is 15.5. The Morgan fingerprint density at radius 2 is 2.04 bits per heavy atom. The summed E-state index contributed by atoms with van der Waals surface area (Å²) in [7, 11) is 0. The maximum absolute atomic E-state index is 12.3. The summed E-state index contributed by atoms with van der Waals surface area (Å²) in [5.41, 5.74) is 2.66. The lowest BCUT2D eigenvalue weighted by Crippen LogP contribution is -2.46. The van der Waals surface area contributed by atoms with Gasteiger partial charge < -0.3 is 14.4 Å². The van der Waals surface area contributed by atoms with Gasteiger partial charge in [-0.25, -0.2) is 9.78 Å². The largest absolute Gasteiger partial charge is 0.492 e. The first kappa shape index (κ1) is 17.3. The molecule has 2 saturated heterocycles. The topological polar surface area (TPSA) is 54.9 Å². The number of nitrogens with zero attached hydrogens (tertiary/aromatic N) is 3. The molecule has 7 heteroatoms. The maximum atomic E-state index is 12.3. The third-order valence-corrected chi connectivity index (χ3v) is 5.69. The third-order valence-electron chi connectivity index (χ3n) is 5.05. The Hall–Kier alpha value is -2.12. The van der Waals surface area contributed by atoms with Crippen molar-refractivity contribution in [3.63, 3.8) is 0 Å². The minimum absolute atomic E-state index is 0.213. The van der Waals surface area contributed by atoms with Crippen LogP contribution in [0.15, 0.2) is 41.2 Å². The summed E-state index contributed by atoms with van der Waals surface area (Å²) in [5, 5.41) is 2.09. The fourth-order valence-corrected chi connectivity index (χ4v) is 4.13. The summed E-state index contributed by atoms with van der Waals surface area (Å²) in [6, 6.07) is 9.67. The molecule has 0 bridgehead atoms. The van der Waals surface area contributed by atoms with E-state index >= 15 is 0 Å². The van der Waals surface area contributed by atoms with Crippen molar-refractivity contribution < 1.29 is 14.3 Å². The number of carbonyl (C=O) groups is 1. The van der Waals surface area contributed by atoms with Gasteiger partial charge in [0.1, 0.15) is 18.0 Å². The standard InChI is InChI=1S/C19H23N3O3S/c23-18-22(10-11-24-17-4-2-1-3-5-17)14-19(25-18)6-8-21(9-7-19)12-16-13-26-15-20-16/h1-5,13,15H,6-12,14H2. The van der Waals surface area contributed by atoms with Crippen LogP contribution < -0.4 is 4.74 Å². The van der Waals surface area contributed by atoms with Gasteiger partial charge in [-0.3, -0.25) is 4.90 Å². The average Bonchev–Trinajstić information content (AvgIpc) is 3.27. The number of likely N-dealkylation sites (tertiary alicyclic amines) is 1. The maximum Gasteiger partial charge on any atom is 0.410 e. The van der Waals surface area contributed by atoms with Crippen LogP contribution in [0.3, 0.4) is 0 Å². The van der Waals surface area contributed by atoms with E-state index in [1.807, 2.05) is 35.8 Å². The van der Waals surface area contributed by atoms with Crippen molar-refractivity contribution in [3.05, 3.63) is 46.9 Å². The highest BCUT2D eigenvalue weighted by Gasteiger charge is 2.46. The van der Waals surface area contributed by atoms with Crippen LogP contribution in [0, 0.1) is 0 Å². The number of para-hydroxylation sites is 1. The molecule has 4 rings (SSSR count). The van der Waals surface area contributed by atoms with E-state index in [4.69, 9.17) is 9.47 Å². The van der Waals surface area contributed by atoms with Crippen molar-refractivity contribution in [2.75, 3.05) is 32.8 Å². The minimum atomic E-state index is -0.331.